The second-order valence-corrected chi connectivity index (χ2v) is 4.74. The first kappa shape index (κ1) is 15.9. The van der Waals surface area contributed by atoms with Gasteiger partial charge in [0.2, 0.25) is 5.91 Å². The average molecular weight is 247 g/mol. The van der Waals surface area contributed by atoms with Crippen LogP contribution in [-0.4, -0.2) is 58.4 Å². The number of carboxylic acid groups (broad SMARTS) is 1. The molecule has 0 bridgehead atoms. The third-order valence-corrected chi connectivity index (χ3v) is 2.35. The minimum Gasteiger partial charge on any atom is -0.481 e. The van der Waals surface area contributed by atoms with Gasteiger partial charge in [0, 0.05) is 19.5 Å². The molecule has 0 aliphatic heterocycles. The fraction of sp³-hybridized carbons (Fsp3) is 0.818. The van der Waals surface area contributed by atoms with E-state index in [4.69, 9.17) is 15.3 Å². The Morgan fingerprint density at radius 3 is 1.88 bits per heavy atom. The van der Waals surface area contributed by atoms with E-state index in [1.54, 1.807) is 13.8 Å². The van der Waals surface area contributed by atoms with Gasteiger partial charge in [-0.1, -0.05) is 13.8 Å². The molecule has 0 aliphatic rings. The molecule has 0 spiro atoms. The normalized spacial score (nSPS) is 11.3. The summed E-state index contributed by atoms with van der Waals surface area (Å²) in [7, 11) is 0. The molecule has 6 nitrogen and oxygen atoms in total. The maximum absolute atomic E-state index is 11.8. The van der Waals surface area contributed by atoms with Crippen molar-refractivity contribution in [3.63, 3.8) is 0 Å². The summed E-state index contributed by atoms with van der Waals surface area (Å²) in [5, 5.41) is 26.3. The second kappa shape index (κ2) is 7.24. The van der Waals surface area contributed by atoms with Gasteiger partial charge in [0.15, 0.2) is 0 Å². The molecule has 1 amide bonds. The van der Waals surface area contributed by atoms with Crippen molar-refractivity contribution in [2.75, 3.05) is 26.3 Å². The quantitative estimate of drug-likeness (QED) is 0.546. The number of rotatable bonds is 8. The number of amides is 1. The summed E-state index contributed by atoms with van der Waals surface area (Å²) in [5.41, 5.74) is -0.633. The highest BCUT2D eigenvalue weighted by atomic mass is 16.4. The molecule has 0 aromatic rings. The average Bonchev–Trinajstić information content (AvgIpc) is 2.14. The van der Waals surface area contributed by atoms with Crippen molar-refractivity contribution in [3.8, 4) is 0 Å². The van der Waals surface area contributed by atoms with Crippen molar-refractivity contribution in [3.05, 3.63) is 0 Å². The number of carboxylic acids is 1. The Morgan fingerprint density at radius 2 is 1.53 bits per heavy atom. The van der Waals surface area contributed by atoms with Gasteiger partial charge in [-0.3, -0.25) is 9.59 Å². The Kier molecular flexibility index (Phi) is 6.75. The van der Waals surface area contributed by atoms with Gasteiger partial charge in [0.05, 0.1) is 19.6 Å². The van der Waals surface area contributed by atoms with E-state index in [0.29, 0.717) is 0 Å². The van der Waals surface area contributed by atoms with Crippen LogP contribution in [-0.2, 0) is 9.59 Å². The third kappa shape index (κ3) is 6.91. The Balaban J connectivity index is 4.41. The number of nitrogens with zero attached hydrogens (tertiary/aromatic N) is 1. The predicted octanol–water partition coefficient (Wildman–Crippen LogP) is -0.309. The van der Waals surface area contributed by atoms with Crippen LogP contribution in [0.15, 0.2) is 0 Å². The molecule has 3 N–H and O–H groups in total. The molecule has 0 aliphatic carbocycles. The first-order chi connectivity index (χ1) is 7.82. The van der Waals surface area contributed by atoms with Gasteiger partial charge < -0.3 is 20.2 Å². The SMILES string of the molecule is CC(C)(CC(=O)O)CC(=O)N(CCO)CCO. The zero-order chi connectivity index (χ0) is 13.5. The van der Waals surface area contributed by atoms with Crippen LogP contribution >= 0.6 is 0 Å². The summed E-state index contributed by atoms with van der Waals surface area (Å²) in [5.74, 6) is -1.20. The molecule has 0 heterocycles. The van der Waals surface area contributed by atoms with Crippen LogP contribution in [0.2, 0.25) is 0 Å². The van der Waals surface area contributed by atoms with Crippen LogP contribution in [0.1, 0.15) is 26.7 Å². The Morgan fingerprint density at radius 1 is 1.06 bits per heavy atom. The summed E-state index contributed by atoms with van der Waals surface area (Å²) >= 11 is 0. The lowest BCUT2D eigenvalue weighted by Crippen LogP contribution is -2.38. The van der Waals surface area contributed by atoms with Crippen molar-refractivity contribution in [1.29, 1.82) is 0 Å². The lowest BCUT2D eigenvalue weighted by Gasteiger charge is -2.27. The van der Waals surface area contributed by atoms with E-state index in [1.165, 1.54) is 4.90 Å². The molecular weight excluding hydrogens is 226 g/mol. The molecule has 0 atom stereocenters. The van der Waals surface area contributed by atoms with Gasteiger partial charge in [-0.05, 0) is 5.41 Å². The minimum atomic E-state index is -0.946. The summed E-state index contributed by atoms with van der Waals surface area (Å²) < 4.78 is 0. The van der Waals surface area contributed by atoms with E-state index in [0.717, 1.165) is 0 Å². The standard InChI is InChI=1S/C11H21NO5/c1-11(2,8-10(16)17)7-9(15)12(3-5-13)4-6-14/h13-14H,3-8H2,1-2H3,(H,16,17). The maximum atomic E-state index is 11.8. The molecule has 0 rings (SSSR count). The van der Waals surface area contributed by atoms with Gasteiger partial charge >= 0.3 is 5.97 Å². The van der Waals surface area contributed by atoms with E-state index in [9.17, 15) is 9.59 Å². The van der Waals surface area contributed by atoms with E-state index >= 15 is 0 Å². The first-order valence-corrected chi connectivity index (χ1v) is 5.53. The lowest BCUT2D eigenvalue weighted by molar-refractivity contribution is -0.141. The summed E-state index contributed by atoms with van der Waals surface area (Å²) in [6.45, 7) is 3.37. The molecule has 0 aromatic heterocycles. The maximum Gasteiger partial charge on any atom is 0.303 e. The van der Waals surface area contributed by atoms with Gasteiger partial charge in [0.25, 0.3) is 0 Å². The second-order valence-electron chi connectivity index (χ2n) is 4.74. The Labute approximate surface area is 101 Å². The van der Waals surface area contributed by atoms with Crippen LogP contribution in [0.3, 0.4) is 0 Å². The largest absolute Gasteiger partial charge is 0.481 e. The number of aliphatic hydroxyl groups is 2. The van der Waals surface area contributed by atoms with Gasteiger partial charge in [-0.2, -0.15) is 0 Å². The number of carbonyl (C=O) groups is 2. The molecule has 17 heavy (non-hydrogen) atoms. The van der Waals surface area contributed by atoms with Gasteiger partial charge in [-0.25, -0.2) is 0 Å². The fourth-order valence-corrected chi connectivity index (χ4v) is 1.60. The Bertz CT molecular complexity index is 259. The first-order valence-electron chi connectivity index (χ1n) is 5.53. The van der Waals surface area contributed by atoms with E-state index in [-0.39, 0.29) is 45.1 Å². The van der Waals surface area contributed by atoms with E-state index in [2.05, 4.69) is 0 Å². The highest BCUT2D eigenvalue weighted by molar-refractivity contribution is 5.78. The third-order valence-electron chi connectivity index (χ3n) is 2.35. The molecule has 0 fully saturated rings. The number of aliphatic carboxylic acids is 1. The lowest BCUT2D eigenvalue weighted by atomic mass is 9.85. The molecule has 0 radical (unpaired) electrons. The predicted molar refractivity (Wildman–Crippen MR) is 61.4 cm³/mol. The fourth-order valence-electron chi connectivity index (χ4n) is 1.60. The van der Waals surface area contributed by atoms with Crippen molar-refractivity contribution in [2.24, 2.45) is 5.41 Å². The summed E-state index contributed by atoms with van der Waals surface area (Å²) in [6.07, 6.45) is -0.00979. The van der Waals surface area contributed by atoms with Crippen LogP contribution in [0, 0.1) is 5.41 Å². The molecule has 0 unspecified atom stereocenters. The number of hydrogen-bond donors (Lipinski definition) is 3. The van der Waals surface area contributed by atoms with Gasteiger partial charge in [0.1, 0.15) is 0 Å². The molecule has 0 aromatic carbocycles. The van der Waals surface area contributed by atoms with Crippen LogP contribution < -0.4 is 0 Å². The highest BCUT2D eigenvalue weighted by Crippen LogP contribution is 2.25. The van der Waals surface area contributed by atoms with E-state index in [1.807, 2.05) is 0 Å². The number of hydrogen-bond acceptors (Lipinski definition) is 4. The van der Waals surface area contributed by atoms with Crippen LogP contribution in [0.5, 0.6) is 0 Å². The zero-order valence-corrected chi connectivity index (χ0v) is 10.3. The van der Waals surface area contributed by atoms with E-state index < -0.39 is 11.4 Å². The molecular formula is C11H21NO5. The summed E-state index contributed by atoms with van der Waals surface area (Å²) in [4.78, 5) is 23.8. The van der Waals surface area contributed by atoms with Crippen LogP contribution in [0.25, 0.3) is 0 Å². The minimum absolute atomic E-state index is 0.0826. The molecule has 0 saturated heterocycles. The van der Waals surface area contributed by atoms with Gasteiger partial charge in [-0.15, -0.1) is 0 Å². The number of carbonyl (C=O) groups excluding carboxylic acids is 1. The van der Waals surface area contributed by atoms with Crippen LogP contribution in [0.4, 0.5) is 0 Å². The molecule has 0 saturated carbocycles. The topological polar surface area (TPSA) is 98.1 Å². The molecule has 100 valence electrons. The molecule has 6 heteroatoms. The highest BCUT2D eigenvalue weighted by Gasteiger charge is 2.27. The number of aliphatic hydroxyl groups excluding tert-OH is 2. The zero-order valence-electron chi connectivity index (χ0n) is 10.3. The monoisotopic (exact) mass is 247 g/mol. The smallest absolute Gasteiger partial charge is 0.303 e. The van der Waals surface area contributed by atoms with Crippen molar-refractivity contribution in [2.45, 2.75) is 26.7 Å². The van der Waals surface area contributed by atoms with Crippen molar-refractivity contribution < 1.29 is 24.9 Å². The van der Waals surface area contributed by atoms with Crippen molar-refractivity contribution in [1.82, 2.24) is 4.90 Å². The van der Waals surface area contributed by atoms with Crippen molar-refractivity contribution >= 4 is 11.9 Å². The Hall–Kier alpha value is -1.14. The summed E-state index contributed by atoms with van der Waals surface area (Å²) in [6, 6.07) is 0.